The molecule has 0 bridgehead atoms. The van der Waals surface area contributed by atoms with Gasteiger partial charge in [0.1, 0.15) is 5.75 Å². The fourth-order valence-corrected chi connectivity index (χ4v) is 2.98. The van der Waals surface area contributed by atoms with Crippen LogP contribution < -0.4 is 15.0 Å². The number of guanidine groups is 1. The zero-order chi connectivity index (χ0) is 17.5. The van der Waals surface area contributed by atoms with Crippen LogP contribution in [-0.2, 0) is 13.1 Å². The first-order chi connectivity index (χ1) is 11.5. The summed E-state index contributed by atoms with van der Waals surface area (Å²) in [6.07, 6.45) is 0. The van der Waals surface area contributed by atoms with Crippen molar-refractivity contribution >= 4 is 46.4 Å². The summed E-state index contributed by atoms with van der Waals surface area (Å²) >= 11 is 1.64. The molecule has 0 spiro atoms. The van der Waals surface area contributed by atoms with Gasteiger partial charge < -0.3 is 19.9 Å². The van der Waals surface area contributed by atoms with Gasteiger partial charge in [0.05, 0.1) is 19.3 Å². The van der Waals surface area contributed by atoms with Gasteiger partial charge in [-0.15, -0.1) is 35.3 Å². The number of methoxy groups -OCH3 is 1. The SMILES string of the molecule is CN=C(NCc1csc(N(C)C)n1)N(C)Cc1ccc(OC)cc1.I. The average Bonchev–Trinajstić information content (AvgIpc) is 3.05. The van der Waals surface area contributed by atoms with Crippen molar-refractivity contribution in [3.8, 4) is 5.75 Å². The van der Waals surface area contributed by atoms with E-state index in [-0.39, 0.29) is 24.0 Å². The van der Waals surface area contributed by atoms with Crippen LogP contribution in [0.3, 0.4) is 0 Å². The molecule has 1 N–H and O–H groups in total. The lowest BCUT2D eigenvalue weighted by Gasteiger charge is -2.22. The van der Waals surface area contributed by atoms with E-state index in [4.69, 9.17) is 4.74 Å². The van der Waals surface area contributed by atoms with Gasteiger partial charge in [0.15, 0.2) is 11.1 Å². The van der Waals surface area contributed by atoms with Crippen LogP contribution in [0.5, 0.6) is 5.75 Å². The number of ether oxygens (including phenoxy) is 1. The molecule has 1 aromatic heterocycles. The predicted molar refractivity (Wildman–Crippen MR) is 117 cm³/mol. The van der Waals surface area contributed by atoms with Gasteiger partial charge in [-0.2, -0.15) is 0 Å². The van der Waals surface area contributed by atoms with E-state index in [1.165, 1.54) is 5.56 Å². The van der Waals surface area contributed by atoms with Crippen LogP contribution in [0, 0.1) is 0 Å². The number of benzene rings is 1. The van der Waals surface area contributed by atoms with E-state index in [1.54, 1.807) is 25.5 Å². The van der Waals surface area contributed by atoms with Crippen molar-refractivity contribution in [1.29, 1.82) is 0 Å². The minimum Gasteiger partial charge on any atom is -0.497 e. The van der Waals surface area contributed by atoms with Crippen molar-refractivity contribution in [2.75, 3.05) is 40.2 Å². The maximum atomic E-state index is 5.19. The van der Waals surface area contributed by atoms with Gasteiger partial charge in [-0.25, -0.2) is 4.98 Å². The Labute approximate surface area is 170 Å². The molecule has 1 aromatic carbocycles. The Balaban J connectivity index is 0.00000312. The molecule has 6 nitrogen and oxygen atoms in total. The molecule has 0 aliphatic heterocycles. The molecule has 0 radical (unpaired) electrons. The summed E-state index contributed by atoms with van der Waals surface area (Å²) in [5, 5.41) is 6.43. The first-order valence-electron chi connectivity index (χ1n) is 7.70. The average molecular weight is 475 g/mol. The third-order valence-corrected chi connectivity index (χ3v) is 4.56. The summed E-state index contributed by atoms with van der Waals surface area (Å²) in [4.78, 5) is 13.0. The Morgan fingerprint density at radius 2 is 1.92 bits per heavy atom. The largest absolute Gasteiger partial charge is 0.497 e. The van der Waals surface area contributed by atoms with Gasteiger partial charge in [-0.05, 0) is 17.7 Å². The van der Waals surface area contributed by atoms with Crippen LogP contribution in [0.1, 0.15) is 11.3 Å². The molecule has 0 amide bonds. The van der Waals surface area contributed by atoms with Gasteiger partial charge in [-0.3, -0.25) is 4.99 Å². The molecule has 138 valence electrons. The Morgan fingerprint density at radius 1 is 1.24 bits per heavy atom. The third-order valence-electron chi connectivity index (χ3n) is 3.50. The molecule has 2 aromatic rings. The molecule has 0 aliphatic rings. The molecular weight excluding hydrogens is 449 g/mol. The summed E-state index contributed by atoms with van der Waals surface area (Å²) in [5.41, 5.74) is 2.22. The number of aliphatic imine (C=N–C) groups is 1. The Bertz CT molecular complexity index is 672. The number of thiazole rings is 1. The predicted octanol–water partition coefficient (Wildman–Crippen LogP) is 3.04. The fraction of sp³-hybridized carbons (Fsp3) is 0.412. The Hall–Kier alpha value is -1.55. The van der Waals surface area contributed by atoms with E-state index in [9.17, 15) is 0 Å². The Morgan fingerprint density at radius 3 is 2.44 bits per heavy atom. The number of hydrogen-bond donors (Lipinski definition) is 1. The number of anilines is 1. The molecule has 0 atom stereocenters. The maximum Gasteiger partial charge on any atom is 0.194 e. The van der Waals surface area contributed by atoms with Gasteiger partial charge in [0.2, 0.25) is 0 Å². The van der Waals surface area contributed by atoms with E-state index < -0.39 is 0 Å². The number of hydrogen-bond acceptors (Lipinski definition) is 5. The van der Waals surface area contributed by atoms with Crippen LogP contribution >= 0.6 is 35.3 Å². The summed E-state index contributed by atoms with van der Waals surface area (Å²) in [6, 6.07) is 8.06. The lowest BCUT2D eigenvalue weighted by Crippen LogP contribution is -2.38. The summed E-state index contributed by atoms with van der Waals surface area (Å²) in [6.45, 7) is 1.42. The van der Waals surface area contributed by atoms with Gasteiger partial charge >= 0.3 is 0 Å². The minimum atomic E-state index is 0. The monoisotopic (exact) mass is 475 g/mol. The Kier molecular flexibility index (Phi) is 8.98. The van der Waals surface area contributed by atoms with Crippen molar-refractivity contribution in [2.45, 2.75) is 13.1 Å². The highest BCUT2D eigenvalue weighted by Gasteiger charge is 2.09. The van der Waals surface area contributed by atoms with E-state index in [0.717, 1.165) is 29.1 Å². The first-order valence-corrected chi connectivity index (χ1v) is 8.58. The zero-order valence-electron chi connectivity index (χ0n) is 15.3. The maximum absolute atomic E-state index is 5.19. The minimum absolute atomic E-state index is 0. The molecule has 0 unspecified atom stereocenters. The first kappa shape index (κ1) is 21.5. The summed E-state index contributed by atoms with van der Waals surface area (Å²) < 4.78 is 5.19. The molecule has 0 fully saturated rings. The van der Waals surface area contributed by atoms with Crippen molar-refractivity contribution in [3.05, 3.63) is 40.9 Å². The summed E-state index contributed by atoms with van der Waals surface area (Å²) in [5.74, 6) is 1.70. The van der Waals surface area contributed by atoms with E-state index in [2.05, 4.69) is 37.7 Å². The number of nitrogens with one attached hydrogen (secondary N) is 1. The van der Waals surface area contributed by atoms with Crippen LogP contribution in [-0.4, -0.2) is 51.1 Å². The standard InChI is InChI=1S/C17H25N5OS.HI/c1-18-16(19-10-14-12-24-17(20-14)21(2)3)22(4)11-13-6-8-15(23-5)9-7-13;/h6-9,12H,10-11H2,1-5H3,(H,18,19);1H. The molecule has 0 saturated carbocycles. The highest BCUT2D eigenvalue weighted by molar-refractivity contribution is 14.0. The highest BCUT2D eigenvalue weighted by atomic mass is 127. The normalized spacial score (nSPS) is 10.8. The lowest BCUT2D eigenvalue weighted by molar-refractivity contribution is 0.414. The van der Waals surface area contributed by atoms with E-state index in [1.807, 2.05) is 38.2 Å². The topological polar surface area (TPSA) is 53.0 Å². The number of rotatable bonds is 6. The van der Waals surface area contributed by atoms with Crippen LogP contribution in [0.15, 0.2) is 34.6 Å². The van der Waals surface area contributed by atoms with Crippen molar-refractivity contribution < 1.29 is 4.74 Å². The van der Waals surface area contributed by atoms with Gasteiger partial charge in [0, 0.05) is 40.1 Å². The molecule has 0 aliphatic carbocycles. The molecular formula is C17H26IN5OS. The second-order valence-corrected chi connectivity index (χ2v) is 6.46. The molecule has 1 heterocycles. The van der Waals surface area contributed by atoms with E-state index in [0.29, 0.717) is 6.54 Å². The van der Waals surface area contributed by atoms with Crippen molar-refractivity contribution in [1.82, 2.24) is 15.2 Å². The fourth-order valence-electron chi connectivity index (χ4n) is 2.22. The third kappa shape index (κ3) is 6.35. The number of nitrogens with zero attached hydrogens (tertiary/aromatic N) is 4. The molecule has 2 rings (SSSR count). The van der Waals surface area contributed by atoms with Crippen LogP contribution in [0.4, 0.5) is 5.13 Å². The second-order valence-electron chi connectivity index (χ2n) is 5.62. The van der Waals surface area contributed by atoms with Crippen molar-refractivity contribution in [2.24, 2.45) is 4.99 Å². The summed E-state index contributed by atoms with van der Waals surface area (Å²) in [7, 11) is 9.48. The lowest BCUT2D eigenvalue weighted by atomic mass is 10.2. The zero-order valence-corrected chi connectivity index (χ0v) is 18.5. The van der Waals surface area contributed by atoms with Crippen LogP contribution in [0.25, 0.3) is 0 Å². The number of aromatic nitrogens is 1. The molecule has 25 heavy (non-hydrogen) atoms. The van der Waals surface area contributed by atoms with Crippen LogP contribution in [0.2, 0.25) is 0 Å². The number of halogens is 1. The smallest absolute Gasteiger partial charge is 0.194 e. The quantitative estimate of drug-likeness (QED) is 0.396. The van der Waals surface area contributed by atoms with E-state index >= 15 is 0 Å². The molecule has 0 saturated heterocycles. The van der Waals surface area contributed by atoms with Gasteiger partial charge in [-0.1, -0.05) is 12.1 Å². The van der Waals surface area contributed by atoms with Crippen molar-refractivity contribution in [3.63, 3.8) is 0 Å². The molecule has 8 heteroatoms. The second kappa shape index (κ2) is 10.4. The van der Waals surface area contributed by atoms with Gasteiger partial charge in [0.25, 0.3) is 0 Å². The highest BCUT2D eigenvalue weighted by Crippen LogP contribution is 2.17.